The summed E-state index contributed by atoms with van der Waals surface area (Å²) in [4.78, 5) is 4.35. The van der Waals surface area contributed by atoms with Crippen molar-refractivity contribution in [1.82, 2.24) is 5.32 Å². The monoisotopic (exact) mass is 266 g/mol. The van der Waals surface area contributed by atoms with Gasteiger partial charge in [-0.25, -0.2) is 0 Å². The van der Waals surface area contributed by atoms with Gasteiger partial charge in [0.05, 0.1) is 0 Å². The Hall–Kier alpha value is 0.260. The zero-order valence-corrected chi connectivity index (χ0v) is 10.1. The molecule has 2 unspecified atom stereocenters. The first kappa shape index (κ1) is 11.3. The van der Waals surface area contributed by atoms with E-state index in [4.69, 9.17) is 5.11 Å². The number of nitrogens with one attached hydrogen (secondary N) is 1. The lowest BCUT2D eigenvalue weighted by Gasteiger charge is -2.07. The lowest BCUT2D eigenvalue weighted by atomic mass is 10.3. The Morgan fingerprint density at radius 2 is 2.46 bits per heavy atom. The summed E-state index contributed by atoms with van der Waals surface area (Å²) in [7, 11) is 0. The fourth-order valence-corrected chi connectivity index (χ4v) is 3.07. The number of aliphatic hydroxyl groups excluding tert-OH is 1. The Morgan fingerprint density at radius 1 is 1.69 bits per heavy atom. The van der Waals surface area contributed by atoms with Crippen molar-refractivity contribution in [1.29, 1.82) is 0 Å². The van der Waals surface area contributed by atoms with Gasteiger partial charge in [0.15, 0.2) is 5.17 Å². The van der Waals surface area contributed by atoms with Crippen LogP contribution in [0.2, 0.25) is 0 Å². The van der Waals surface area contributed by atoms with Crippen molar-refractivity contribution in [3.05, 3.63) is 0 Å². The van der Waals surface area contributed by atoms with Crippen molar-refractivity contribution in [3.8, 4) is 0 Å². The fourth-order valence-electron chi connectivity index (χ4n) is 1.07. The second-order valence-electron chi connectivity index (χ2n) is 3.01. The lowest BCUT2D eigenvalue weighted by Crippen LogP contribution is -2.28. The molecule has 0 aromatic heterocycles. The second-order valence-corrected chi connectivity index (χ2v) is 4.88. The molecule has 0 bridgehead atoms. The van der Waals surface area contributed by atoms with Gasteiger partial charge in [-0.1, -0.05) is 27.7 Å². The summed E-state index contributed by atoms with van der Waals surface area (Å²) in [5, 5.41) is 14.5. The molecule has 0 amide bonds. The van der Waals surface area contributed by atoms with Crippen LogP contribution in [0.25, 0.3) is 0 Å². The van der Waals surface area contributed by atoms with Gasteiger partial charge in [-0.2, -0.15) is 0 Å². The molecule has 1 fully saturated rings. The van der Waals surface area contributed by atoms with Crippen LogP contribution in [0.4, 0.5) is 0 Å². The van der Waals surface area contributed by atoms with Crippen LogP contribution in [0.5, 0.6) is 0 Å². The van der Waals surface area contributed by atoms with E-state index in [0.29, 0.717) is 17.8 Å². The molecule has 1 aliphatic heterocycles. The molecule has 1 heterocycles. The minimum Gasteiger partial charge on any atom is -0.396 e. The number of amidine groups is 1. The average molecular weight is 267 g/mol. The molecule has 0 spiro atoms. The van der Waals surface area contributed by atoms with Gasteiger partial charge in [0.1, 0.15) is 0 Å². The lowest BCUT2D eigenvalue weighted by molar-refractivity contribution is 0.291. The number of halogens is 1. The van der Waals surface area contributed by atoms with Gasteiger partial charge in [0.2, 0.25) is 0 Å². The molecule has 0 aromatic rings. The molecule has 76 valence electrons. The number of hydrogen-bond donors (Lipinski definition) is 2. The number of aliphatic imine (C=N–C) groups is 1. The first-order valence-corrected chi connectivity index (χ1v) is 6.42. The van der Waals surface area contributed by atoms with E-state index in [1.54, 1.807) is 11.8 Å². The highest BCUT2D eigenvalue weighted by Gasteiger charge is 2.26. The Kier molecular flexibility index (Phi) is 5.13. The molecule has 3 nitrogen and oxygen atoms in total. The quantitative estimate of drug-likeness (QED) is 0.594. The van der Waals surface area contributed by atoms with Crippen molar-refractivity contribution in [2.45, 2.75) is 24.6 Å². The molecule has 1 rings (SSSR count). The van der Waals surface area contributed by atoms with Gasteiger partial charge in [-0.3, -0.25) is 4.99 Å². The zero-order valence-electron chi connectivity index (χ0n) is 7.66. The van der Waals surface area contributed by atoms with Gasteiger partial charge >= 0.3 is 0 Å². The van der Waals surface area contributed by atoms with E-state index in [0.717, 1.165) is 16.9 Å². The van der Waals surface area contributed by atoms with Gasteiger partial charge in [0.25, 0.3) is 0 Å². The van der Waals surface area contributed by atoms with Gasteiger partial charge in [-0.05, 0) is 13.3 Å². The molecular formula is C8H15BrN2OS. The largest absolute Gasteiger partial charge is 0.396 e. The summed E-state index contributed by atoms with van der Waals surface area (Å²) in [6.07, 6.45) is 0.749. The summed E-state index contributed by atoms with van der Waals surface area (Å²) >= 11 is 5.25. The predicted molar refractivity (Wildman–Crippen MR) is 61.8 cm³/mol. The Labute approximate surface area is 91.5 Å². The first-order chi connectivity index (χ1) is 6.27. The van der Waals surface area contributed by atoms with Crippen LogP contribution in [0.3, 0.4) is 0 Å². The minimum atomic E-state index is 0.221. The van der Waals surface area contributed by atoms with Crippen LogP contribution >= 0.6 is 27.7 Å². The Balaban J connectivity index is 2.34. The third-order valence-corrected chi connectivity index (χ3v) is 4.37. The van der Waals surface area contributed by atoms with Crippen LogP contribution < -0.4 is 5.32 Å². The maximum atomic E-state index is 8.59. The number of hydrogen-bond acceptors (Lipinski definition) is 3. The highest BCUT2D eigenvalue weighted by atomic mass is 79.9. The molecule has 0 saturated carbocycles. The van der Waals surface area contributed by atoms with E-state index in [1.807, 2.05) is 0 Å². The van der Waals surface area contributed by atoms with E-state index < -0.39 is 0 Å². The third-order valence-electron chi connectivity index (χ3n) is 1.90. The van der Waals surface area contributed by atoms with Crippen LogP contribution in [-0.2, 0) is 0 Å². The van der Waals surface area contributed by atoms with Crippen LogP contribution in [0, 0.1) is 0 Å². The number of alkyl halides is 1. The number of rotatable bonds is 4. The molecule has 0 aromatic carbocycles. The molecule has 2 atom stereocenters. The summed E-state index contributed by atoms with van der Waals surface area (Å²) in [5.74, 6) is 0. The number of thioether (sulfide) groups is 1. The third kappa shape index (κ3) is 3.48. The Morgan fingerprint density at radius 3 is 3.00 bits per heavy atom. The van der Waals surface area contributed by atoms with E-state index in [9.17, 15) is 0 Å². The molecule has 1 aliphatic rings. The number of nitrogens with zero attached hydrogens (tertiary/aromatic N) is 1. The molecule has 5 heteroatoms. The molecule has 0 aliphatic carbocycles. The van der Waals surface area contributed by atoms with Crippen molar-refractivity contribution in [3.63, 3.8) is 0 Å². The molecule has 13 heavy (non-hydrogen) atoms. The van der Waals surface area contributed by atoms with Gasteiger partial charge < -0.3 is 10.4 Å². The molecule has 1 saturated heterocycles. The standard InChI is InChI=1S/C8H15BrN2OS/c1-6-7(5-9)13-8(11-6)10-3-2-4-12/h6-7,12H,2-5H2,1H3,(H,10,11). The second kappa shape index (κ2) is 5.88. The predicted octanol–water partition coefficient (Wildman–Crippen LogP) is 1.21. The normalized spacial score (nSPS) is 30.8. The summed E-state index contributed by atoms with van der Waals surface area (Å²) in [6, 6.07) is 0.484. The average Bonchev–Trinajstić information content (AvgIpc) is 2.47. The maximum absolute atomic E-state index is 8.59. The Bertz CT molecular complexity index is 189. The summed E-state index contributed by atoms with van der Waals surface area (Å²) in [6.45, 7) is 3.10. The molecule has 0 radical (unpaired) electrons. The number of aliphatic hydroxyl groups is 1. The summed E-state index contributed by atoms with van der Waals surface area (Å²) < 4.78 is 0. The van der Waals surface area contributed by atoms with Crippen molar-refractivity contribution in [2.75, 3.05) is 18.5 Å². The zero-order chi connectivity index (χ0) is 9.68. The summed E-state index contributed by atoms with van der Waals surface area (Å²) in [5.41, 5.74) is 0. The van der Waals surface area contributed by atoms with Crippen molar-refractivity contribution >= 4 is 32.9 Å². The van der Waals surface area contributed by atoms with E-state index in [2.05, 4.69) is 33.2 Å². The highest BCUT2D eigenvalue weighted by Crippen LogP contribution is 2.24. The minimum absolute atomic E-state index is 0.221. The van der Waals surface area contributed by atoms with Crippen molar-refractivity contribution < 1.29 is 5.11 Å². The topological polar surface area (TPSA) is 44.6 Å². The van der Waals surface area contributed by atoms with E-state index in [1.165, 1.54) is 0 Å². The van der Waals surface area contributed by atoms with E-state index >= 15 is 0 Å². The first-order valence-electron chi connectivity index (χ1n) is 4.42. The SMILES string of the molecule is CC1NC(=NCCCO)SC1CBr. The van der Waals surface area contributed by atoms with E-state index in [-0.39, 0.29) is 6.61 Å². The van der Waals surface area contributed by atoms with Crippen LogP contribution in [-0.4, -0.2) is 40.0 Å². The van der Waals surface area contributed by atoms with Crippen molar-refractivity contribution in [2.24, 2.45) is 4.99 Å². The highest BCUT2D eigenvalue weighted by molar-refractivity contribution is 9.09. The molecule has 2 N–H and O–H groups in total. The fraction of sp³-hybridized carbons (Fsp3) is 0.875. The molecular weight excluding hydrogens is 252 g/mol. The van der Waals surface area contributed by atoms with Gasteiger partial charge in [-0.15, -0.1) is 0 Å². The van der Waals surface area contributed by atoms with Gasteiger partial charge in [0, 0.05) is 29.8 Å². The van der Waals surface area contributed by atoms with Crippen LogP contribution in [0.1, 0.15) is 13.3 Å². The van der Waals surface area contributed by atoms with Crippen LogP contribution in [0.15, 0.2) is 4.99 Å². The smallest absolute Gasteiger partial charge is 0.157 e. The maximum Gasteiger partial charge on any atom is 0.157 e.